The van der Waals surface area contributed by atoms with Crippen LogP contribution in [0.15, 0.2) is 33.4 Å². The Bertz CT molecular complexity index is 568. The predicted octanol–water partition coefficient (Wildman–Crippen LogP) is 3.49. The minimum absolute atomic E-state index is 0.0546. The monoisotopic (exact) mass is 324 g/mol. The first-order valence-corrected chi connectivity index (χ1v) is 7.15. The van der Waals surface area contributed by atoms with Gasteiger partial charge in [-0.1, -0.05) is 6.07 Å². The van der Waals surface area contributed by atoms with E-state index in [0.717, 1.165) is 15.0 Å². The molecule has 0 bridgehead atoms. The second kappa shape index (κ2) is 5.63. The summed E-state index contributed by atoms with van der Waals surface area (Å²) in [5.41, 5.74) is 2.47. The number of carbonyl (C=O) groups excluding carboxylic acids is 1. The van der Waals surface area contributed by atoms with Crippen LogP contribution in [0.25, 0.3) is 0 Å². The molecule has 0 saturated heterocycles. The van der Waals surface area contributed by atoms with Gasteiger partial charge in [0.1, 0.15) is 5.69 Å². The number of amides is 1. The van der Waals surface area contributed by atoms with Crippen molar-refractivity contribution in [3.05, 3.63) is 50.4 Å². The lowest BCUT2D eigenvalue weighted by atomic mass is 10.2. The van der Waals surface area contributed by atoms with Crippen LogP contribution in [0, 0.1) is 6.92 Å². The lowest BCUT2D eigenvalue weighted by Gasteiger charge is -2.16. The average molecular weight is 325 g/mol. The topological polar surface area (TPSA) is 33.2 Å². The van der Waals surface area contributed by atoms with E-state index in [1.807, 2.05) is 30.5 Å². The number of halogens is 1. The number of aromatic nitrogens is 1. The number of aryl methyl sites for hydroxylation is 1. The Labute approximate surface area is 119 Å². The molecule has 3 nitrogen and oxygen atoms in total. The zero-order valence-electron chi connectivity index (χ0n) is 10.2. The SMILES string of the molecule is Cc1cccc(C(=O)N(C)Cc2csc(Br)c2)n1. The Morgan fingerprint density at radius 2 is 2.28 bits per heavy atom. The van der Waals surface area contributed by atoms with E-state index in [4.69, 9.17) is 0 Å². The highest BCUT2D eigenvalue weighted by Gasteiger charge is 2.13. The van der Waals surface area contributed by atoms with Crippen LogP contribution in [-0.4, -0.2) is 22.8 Å². The van der Waals surface area contributed by atoms with Gasteiger partial charge in [0, 0.05) is 19.3 Å². The number of thiophene rings is 1. The number of pyridine rings is 1. The zero-order valence-corrected chi connectivity index (χ0v) is 12.6. The van der Waals surface area contributed by atoms with Crippen LogP contribution >= 0.6 is 27.3 Å². The quantitative estimate of drug-likeness (QED) is 0.865. The first-order valence-electron chi connectivity index (χ1n) is 5.48. The predicted molar refractivity (Wildman–Crippen MR) is 76.8 cm³/mol. The molecule has 0 spiro atoms. The third kappa shape index (κ3) is 3.17. The van der Waals surface area contributed by atoms with Crippen molar-refractivity contribution < 1.29 is 4.79 Å². The first kappa shape index (κ1) is 13.2. The molecule has 0 atom stereocenters. The summed E-state index contributed by atoms with van der Waals surface area (Å²) in [6.07, 6.45) is 0. The van der Waals surface area contributed by atoms with Crippen LogP contribution in [0.4, 0.5) is 0 Å². The Morgan fingerprint density at radius 3 is 2.89 bits per heavy atom. The van der Waals surface area contributed by atoms with Crippen LogP contribution < -0.4 is 0 Å². The molecular weight excluding hydrogens is 312 g/mol. The lowest BCUT2D eigenvalue weighted by Crippen LogP contribution is -2.26. The molecule has 94 valence electrons. The third-order valence-corrected chi connectivity index (χ3v) is 4.05. The molecule has 0 N–H and O–H groups in total. The number of hydrogen-bond acceptors (Lipinski definition) is 3. The van der Waals surface area contributed by atoms with Crippen LogP contribution in [-0.2, 0) is 6.54 Å². The van der Waals surface area contributed by atoms with Gasteiger partial charge in [-0.2, -0.15) is 0 Å². The zero-order chi connectivity index (χ0) is 13.1. The van der Waals surface area contributed by atoms with E-state index in [9.17, 15) is 4.79 Å². The summed E-state index contributed by atoms with van der Waals surface area (Å²) >= 11 is 5.04. The van der Waals surface area contributed by atoms with Gasteiger partial charge >= 0.3 is 0 Å². The first-order chi connectivity index (χ1) is 8.56. The van der Waals surface area contributed by atoms with Gasteiger partial charge in [-0.15, -0.1) is 11.3 Å². The molecule has 2 aromatic heterocycles. The van der Waals surface area contributed by atoms with E-state index in [0.29, 0.717) is 12.2 Å². The fourth-order valence-corrected chi connectivity index (χ4v) is 2.83. The van der Waals surface area contributed by atoms with Crippen LogP contribution in [0.3, 0.4) is 0 Å². The van der Waals surface area contributed by atoms with Crippen molar-refractivity contribution in [2.75, 3.05) is 7.05 Å². The molecule has 0 fully saturated rings. The summed E-state index contributed by atoms with van der Waals surface area (Å²) in [7, 11) is 1.79. The molecule has 2 heterocycles. The van der Waals surface area contributed by atoms with E-state index in [2.05, 4.69) is 20.9 Å². The molecule has 0 unspecified atom stereocenters. The average Bonchev–Trinajstić information content (AvgIpc) is 2.73. The molecular formula is C13H13BrN2OS. The summed E-state index contributed by atoms with van der Waals surface area (Å²) in [6.45, 7) is 2.48. The highest BCUT2D eigenvalue weighted by Crippen LogP contribution is 2.21. The molecule has 2 rings (SSSR count). The van der Waals surface area contributed by atoms with Gasteiger partial charge < -0.3 is 4.90 Å². The maximum absolute atomic E-state index is 12.2. The van der Waals surface area contributed by atoms with E-state index in [-0.39, 0.29) is 5.91 Å². The Kier molecular flexibility index (Phi) is 4.14. The second-order valence-corrected chi connectivity index (χ2v) is 6.37. The fourth-order valence-electron chi connectivity index (χ4n) is 1.63. The van der Waals surface area contributed by atoms with Gasteiger partial charge in [0.25, 0.3) is 5.91 Å². The minimum atomic E-state index is -0.0546. The maximum atomic E-state index is 12.2. The van der Waals surface area contributed by atoms with Gasteiger partial charge in [0.2, 0.25) is 0 Å². The number of nitrogens with zero attached hydrogens (tertiary/aromatic N) is 2. The van der Waals surface area contributed by atoms with Crippen molar-refractivity contribution >= 4 is 33.2 Å². The van der Waals surface area contributed by atoms with Crippen molar-refractivity contribution in [3.8, 4) is 0 Å². The molecule has 0 aliphatic heterocycles. The molecule has 0 saturated carbocycles. The van der Waals surface area contributed by atoms with Crippen LogP contribution in [0.1, 0.15) is 21.7 Å². The highest BCUT2D eigenvalue weighted by atomic mass is 79.9. The van der Waals surface area contributed by atoms with Gasteiger partial charge in [0.05, 0.1) is 3.79 Å². The lowest BCUT2D eigenvalue weighted by molar-refractivity contribution is 0.0779. The van der Waals surface area contributed by atoms with Crippen LogP contribution in [0.2, 0.25) is 0 Å². The minimum Gasteiger partial charge on any atom is -0.336 e. The van der Waals surface area contributed by atoms with Gasteiger partial charge in [-0.25, -0.2) is 4.98 Å². The van der Waals surface area contributed by atoms with E-state index < -0.39 is 0 Å². The summed E-state index contributed by atoms with van der Waals surface area (Å²) in [5.74, 6) is -0.0546. The Balaban J connectivity index is 2.09. The summed E-state index contributed by atoms with van der Waals surface area (Å²) in [6, 6.07) is 7.50. The van der Waals surface area contributed by atoms with Crippen molar-refractivity contribution in [1.29, 1.82) is 0 Å². The number of hydrogen-bond donors (Lipinski definition) is 0. The van der Waals surface area contributed by atoms with Crippen molar-refractivity contribution in [1.82, 2.24) is 9.88 Å². The molecule has 1 amide bonds. The molecule has 0 radical (unpaired) electrons. The van der Waals surface area contributed by atoms with Gasteiger partial charge in [-0.05, 0) is 52.0 Å². The largest absolute Gasteiger partial charge is 0.336 e. The summed E-state index contributed by atoms with van der Waals surface area (Å²) in [4.78, 5) is 18.1. The Hall–Kier alpha value is -1.20. The standard InChI is InChI=1S/C13H13BrN2OS/c1-9-4-3-5-11(15-9)13(17)16(2)7-10-6-12(14)18-8-10/h3-6,8H,7H2,1-2H3. The van der Waals surface area contributed by atoms with E-state index in [1.54, 1.807) is 29.4 Å². The van der Waals surface area contributed by atoms with Crippen molar-refractivity contribution in [2.24, 2.45) is 0 Å². The van der Waals surface area contributed by atoms with Crippen molar-refractivity contribution in [3.63, 3.8) is 0 Å². The van der Waals surface area contributed by atoms with Crippen molar-refractivity contribution in [2.45, 2.75) is 13.5 Å². The molecule has 0 aromatic carbocycles. The van der Waals surface area contributed by atoms with E-state index in [1.165, 1.54) is 0 Å². The second-order valence-electron chi connectivity index (χ2n) is 4.08. The smallest absolute Gasteiger partial charge is 0.272 e. The van der Waals surface area contributed by atoms with Gasteiger partial charge in [-0.3, -0.25) is 4.79 Å². The molecule has 5 heteroatoms. The fraction of sp³-hybridized carbons (Fsp3) is 0.231. The molecule has 18 heavy (non-hydrogen) atoms. The maximum Gasteiger partial charge on any atom is 0.272 e. The number of carbonyl (C=O) groups is 1. The van der Waals surface area contributed by atoms with Gasteiger partial charge in [0.15, 0.2) is 0 Å². The van der Waals surface area contributed by atoms with E-state index >= 15 is 0 Å². The number of rotatable bonds is 3. The third-order valence-electron chi connectivity index (χ3n) is 2.50. The van der Waals surface area contributed by atoms with Crippen LogP contribution in [0.5, 0.6) is 0 Å². The molecule has 0 aliphatic rings. The molecule has 0 aliphatic carbocycles. The normalized spacial score (nSPS) is 10.4. The highest BCUT2D eigenvalue weighted by molar-refractivity contribution is 9.11. The Morgan fingerprint density at radius 1 is 1.50 bits per heavy atom. The summed E-state index contributed by atoms with van der Waals surface area (Å²) < 4.78 is 1.08. The summed E-state index contributed by atoms with van der Waals surface area (Å²) in [5, 5.41) is 2.04. The molecule has 2 aromatic rings.